The van der Waals surface area contributed by atoms with Crippen molar-refractivity contribution in [3.8, 4) is 0 Å². The molecule has 4 nitrogen and oxygen atoms in total. The lowest BCUT2D eigenvalue weighted by Crippen LogP contribution is -2.54. The fourth-order valence-corrected chi connectivity index (χ4v) is 4.00. The molecule has 1 fully saturated rings. The van der Waals surface area contributed by atoms with E-state index in [1.807, 2.05) is 7.05 Å². The Morgan fingerprint density at radius 1 is 1.00 bits per heavy atom. The molecule has 0 radical (unpaired) electrons. The van der Waals surface area contributed by atoms with E-state index in [0.717, 1.165) is 19.4 Å². The molecule has 0 saturated heterocycles. The predicted molar refractivity (Wildman–Crippen MR) is 109 cm³/mol. The average Bonchev–Trinajstić information content (AvgIpc) is 2.84. The van der Waals surface area contributed by atoms with Crippen LogP contribution in [0.1, 0.15) is 98.3 Å². The van der Waals surface area contributed by atoms with Crippen LogP contribution in [0, 0.1) is 5.41 Å². The lowest BCUT2D eigenvalue weighted by atomic mass is 9.89. The fourth-order valence-electron chi connectivity index (χ4n) is 4.00. The summed E-state index contributed by atoms with van der Waals surface area (Å²) in [6.45, 7) is 10.7. The van der Waals surface area contributed by atoms with Crippen molar-refractivity contribution in [2.75, 3.05) is 20.2 Å². The van der Waals surface area contributed by atoms with E-state index in [2.05, 4.69) is 32.6 Å². The van der Waals surface area contributed by atoms with Gasteiger partial charge in [-0.05, 0) is 31.7 Å². The molecule has 1 rings (SSSR count). The summed E-state index contributed by atoms with van der Waals surface area (Å²) in [6, 6.07) is 0. The van der Waals surface area contributed by atoms with Crippen LogP contribution in [0.5, 0.6) is 0 Å². The summed E-state index contributed by atoms with van der Waals surface area (Å²) in [7, 11) is 2.04. The minimum absolute atomic E-state index is 0.403. The molecule has 0 aliphatic heterocycles. The maximum Gasteiger partial charge on any atom is 0.150 e. The van der Waals surface area contributed by atoms with Gasteiger partial charge < -0.3 is 14.9 Å². The molecule has 3 atom stereocenters. The molecule has 26 heavy (non-hydrogen) atoms. The Kier molecular flexibility index (Phi) is 10.7. The number of rotatable bonds is 13. The largest absolute Gasteiger partial charge is 0.393 e. The summed E-state index contributed by atoms with van der Waals surface area (Å²) in [5.41, 5.74) is -0.298. The molecule has 0 aromatic carbocycles. The Morgan fingerprint density at radius 3 is 2.23 bits per heavy atom. The van der Waals surface area contributed by atoms with Crippen molar-refractivity contribution in [2.24, 2.45) is 5.41 Å². The SMILES string of the molecule is CCCCCCCO[C@]1(N(C)CCCCCC(C)(C)C)C[C@H](O)C[C@@H]1O. The molecule has 4 heteroatoms. The summed E-state index contributed by atoms with van der Waals surface area (Å²) >= 11 is 0. The van der Waals surface area contributed by atoms with Gasteiger partial charge in [0.1, 0.15) is 5.72 Å². The highest BCUT2D eigenvalue weighted by molar-refractivity contribution is 4.97. The number of likely N-dealkylation sites (N-methyl/N-ethyl adjacent to an activating group) is 1. The van der Waals surface area contributed by atoms with Crippen LogP contribution >= 0.6 is 0 Å². The first-order valence-electron chi connectivity index (χ1n) is 10.9. The second-order valence-electron chi connectivity index (χ2n) is 9.51. The predicted octanol–water partition coefficient (Wildman–Crippen LogP) is 4.72. The van der Waals surface area contributed by atoms with E-state index in [0.29, 0.717) is 24.9 Å². The Labute approximate surface area is 162 Å². The molecule has 0 amide bonds. The van der Waals surface area contributed by atoms with E-state index >= 15 is 0 Å². The second-order valence-corrected chi connectivity index (χ2v) is 9.51. The third-order valence-electron chi connectivity index (χ3n) is 5.71. The molecule has 2 N–H and O–H groups in total. The minimum atomic E-state index is -0.700. The third-order valence-corrected chi connectivity index (χ3v) is 5.71. The molecule has 156 valence electrons. The van der Waals surface area contributed by atoms with Gasteiger partial charge in [-0.3, -0.25) is 4.90 Å². The van der Waals surface area contributed by atoms with Crippen molar-refractivity contribution in [1.82, 2.24) is 4.90 Å². The highest BCUT2D eigenvalue weighted by atomic mass is 16.5. The van der Waals surface area contributed by atoms with Gasteiger partial charge in [0.2, 0.25) is 0 Å². The Balaban J connectivity index is 2.44. The van der Waals surface area contributed by atoms with E-state index in [1.54, 1.807) is 0 Å². The van der Waals surface area contributed by atoms with E-state index in [4.69, 9.17) is 4.74 Å². The van der Waals surface area contributed by atoms with E-state index < -0.39 is 17.9 Å². The quantitative estimate of drug-likeness (QED) is 0.363. The molecule has 0 spiro atoms. The maximum atomic E-state index is 10.6. The first-order valence-corrected chi connectivity index (χ1v) is 10.9. The van der Waals surface area contributed by atoms with Gasteiger partial charge in [-0.15, -0.1) is 0 Å². The van der Waals surface area contributed by atoms with Gasteiger partial charge in [0.25, 0.3) is 0 Å². The maximum absolute atomic E-state index is 10.6. The van der Waals surface area contributed by atoms with Crippen LogP contribution in [0.4, 0.5) is 0 Å². The molecule has 0 aromatic heterocycles. The zero-order valence-electron chi connectivity index (χ0n) is 18.1. The van der Waals surface area contributed by atoms with Crippen LogP contribution in [0.25, 0.3) is 0 Å². The average molecular weight is 372 g/mol. The summed E-state index contributed by atoms with van der Waals surface area (Å²) in [5, 5.41) is 20.7. The van der Waals surface area contributed by atoms with Crippen LogP contribution in [0.15, 0.2) is 0 Å². The monoisotopic (exact) mass is 371 g/mol. The molecule has 0 unspecified atom stereocenters. The van der Waals surface area contributed by atoms with Crippen molar-refractivity contribution >= 4 is 0 Å². The number of ether oxygens (including phenoxy) is 1. The third kappa shape index (κ3) is 8.24. The van der Waals surface area contributed by atoms with Crippen molar-refractivity contribution in [3.05, 3.63) is 0 Å². The molecule has 1 aliphatic rings. The number of nitrogens with zero attached hydrogens (tertiary/aromatic N) is 1. The van der Waals surface area contributed by atoms with Crippen LogP contribution < -0.4 is 0 Å². The number of unbranched alkanes of at least 4 members (excludes halogenated alkanes) is 6. The molecular formula is C22H45NO3. The van der Waals surface area contributed by atoms with E-state index in [1.165, 1.54) is 44.9 Å². The summed E-state index contributed by atoms with van der Waals surface area (Å²) in [4.78, 5) is 2.16. The first kappa shape index (κ1) is 23.9. The fraction of sp³-hybridized carbons (Fsp3) is 1.00. The van der Waals surface area contributed by atoms with E-state index in [-0.39, 0.29) is 0 Å². The molecule has 1 saturated carbocycles. The Bertz CT molecular complexity index is 369. The number of hydrogen-bond acceptors (Lipinski definition) is 4. The molecule has 0 aromatic rings. The highest BCUT2D eigenvalue weighted by Gasteiger charge is 2.50. The Morgan fingerprint density at radius 2 is 1.65 bits per heavy atom. The number of hydrogen-bond donors (Lipinski definition) is 2. The lowest BCUT2D eigenvalue weighted by molar-refractivity contribution is -0.195. The van der Waals surface area contributed by atoms with Crippen molar-refractivity contribution < 1.29 is 14.9 Å². The van der Waals surface area contributed by atoms with Crippen molar-refractivity contribution in [2.45, 2.75) is 116 Å². The van der Waals surface area contributed by atoms with Crippen LogP contribution in [0.3, 0.4) is 0 Å². The van der Waals surface area contributed by atoms with Crippen LogP contribution in [0.2, 0.25) is 0 Å². The zero-order chi connectivity index (χ0) is 19.6. The van der Waals surface area contributed by atoms with E-state index in [9.17, 15) is 10.2 Å². The zero-order valence-corrected chi connectivity index (χ0v) is 18.1. The van der Waals surface area contributed by atoms with Crippen molar-refractivity contribution in [1.29, 1.82) is 0 Å². The van der Waals surface area contributed by atoms with Gasteiger partial charge in [-0.1, -0.05) is 66.2 Å². The van der Waals surface area contributed by atoms with Crippen LogP contribution in [-0.4, -0.2) is 53.2 Å². The molecule has 0 bridgehead atoms. The van der Waals surface area contributed by atoms with Gasteiger partial charge >= 0.3 is 0 Å². The summed E-state index contributed by atoms with van der Waals surface area (Å²) < 4.78 is 6.24. The molecule has 0 heterocycles. The van der Waals surface area contributed by atoms with Gasteiger partial charge in [0.05, 0.1) is 12.2 Å². The topological polar surface area (TPSA) is 52.9 Å². The first-order chi connectivity index (χ1) is 12.2. The highest BCUT2D eigenvalue weighted by Crippen LogP contribution is 2.37. The number of aliphatic hydroxyl groups is 2. The molecular weight excluding hydrogens is 326 g/mol. The smallest absolute Gasteiger partial charge is 0.150 e. The van der Waals surface area contributed by atoms with Gasteiger partial charge in [0, 0.05) is 26.0 Å². The van der Waals surface area contributed by atoms with Crippen molar-refractivity contribution in [3.63, 3.8) is 0 Å². The number of aliphatic hydroxyl groups excluding tert-OH is 2. The molecule has 1 aliphatic carbocycles. The van der Waals surface area contributed by atoms with Gasteiger partial charge in [-0.2, -0.15) is 0 Å². The minimum Gasteiger partial charge on any atom is -0.393 e. The lowest BCUT2D eigenvalue weighted by Gasteiger charge is -2.41. The summed E-state index contributed by atoms with van der Waals surface area (Å²) in [5.74, 6) is 0. The standard InChI is InChI=1S/C22H45NO3/c1-6-7-8-9-13-16-26-22(18-19(24)17-20(22)25)23(5)15-12-10-11-14-21(2,3)4/h19-20,24-25H,6-18H2,1-5H3/t19-,20+,22-/m1/s1. The van der Waals surface area contributed by atoms with Gasteiger partial charge in [0.15, 0.2) is 0 Å². The van der Waals surface area contributed by atoms with Crippen LogP contribution in [-0.2, 0) is 4.74 Å². The Hall–Kier alpha value is -0.160. The summed E-state index contributed by atoms with van der Waals surface area (Å²) in [6.07, 6.45) is 10.7. The van der Waals surface area contributed by atoms with Gasteiger partial charge in [-0.25, -0.2) is 0 Å². The normalized spacial score (nSPS) is 26.8. The second kappa shape index (κ2) is 11.6.